The van der Waals surface area contributed by atoms with E-state index in [2.05, 4.69) is 13.8 Å². The molecule has 5 nitrogen and oxygen atoms in total. The minimum absolute atomic E-state index is 0.240. The molecule has 0 aromatic carbocycles. The minimum Gasteiger partial charge on any atom is -0.466 e. The summed E-state index contributed by atoms with van der Waals surface area (Å²) in [7, 11) is 0. The Labute approximate surface area is 122 Å². The highest BCUT2D eigenvalue weighted by Gasteiger charge is 2.07. The predicted molar refractivity (Wildman–Crippen MR) is 76.3 cm³/mol. The maximum atomic E-state index is 11.4. The van der Waals surface area contributed by atoms with Gasteiger partial charge in [-0.2, -0.15) is 0 Å². The van der Waals surface area contributed by atoms with E-state index in [-0.39, 0.29) is 31.4 Å². The molecule has 0 N–H and O–H groups in total. The second-order valence-electron chi connectivity index (χ2n) is 5.03. The first-order valence-electron chi connectivity index (χ1n) is 7.45. The average Bonchev–Trinajstić information content (AvgIpc) is 2.39. The second kappa shape index (κ2) is 12.9. The molecular formula is C15H28O5. The highest BCUT2D eigenvalue weighted by Crippen LogP contribution is 2.05. The minimum atomic E-state index is -0.294. The van der Waals surface area contributed by atoms with Gasteiger partial charge in [0.05, 0.1) is 13.2 Å². The van der Waals surface area contributed by atoms with Gasteiger partial charge in [0.2, 0.25) is 0 Å². The summed E-state index contributed by atoms with van der Waals surface area (Å²) in [6, 6.07) is 0. The topological polar surface area (TPSA) is 61.8 Å². The van der Waals surface area contributed by atoms with Crippen LogP contribution in [0.4, 0.5) is 0 Å². The van der Waals surface area contributed by atoms with Crippen molar-refractivity contribution in [2.75, 3.05) is 26.4 Å². The number of ether oxygens (including phenoxy) is 3. The maximum Gasteiger partial charge on any atom is 0.305 e. The average molecular weight is 288 g/mol. The molecule has 0 spiro atoms. The van der Waals surface area contributed by atoms with Crippen molar-refractivity contribution in [1.82, 2.24) is 0 Å². The molecule has 0 unspecified atom stereocenters. The van der Waals surface area contributed by atoms with Crippen molar-refractivity contribution in [3.63, 3.8) is 0 Å². The van der Waals surface area contributed by atoms with Crippen LogP contribution in [0.25, 0.3) is 0 Å². The summed E-state index contributed by atoms with van der Waals surface area (Å²) in [5.74, 6) is 0.0911. The van der Waals surface area contributed by atoms with Gasteiger partial charge >= 0.3 is 11.9 Å². The molecular weight excluding hydrogens is 260 g/mol. The molecule has 0 heterocycles. The van der Waals surface area contributed by atoms with Gasteiger partial charge in [0.25, 0.3) is 0 Å². The Morgan fingerprint density at radius 3 is 2.05 bits per heavy atom. The van der Waals surface area contributed by atoms with Gasteiger partial charge in [0, 0.05) is 19.4 Å². The third-order valence-corrected chi connectivity index (χ3v) is 2.65. The zero-order chi connectivity index (χ0) is 15.2. The van der Waals surface area contributed by atoms with Crippen LogP contribution in [0.2, 0.25) is 0 Å². The quantitative estimate of drug-likeness (QED) is 0.408. The number of esters is 2. The molecule has 0 aliphatic rings. The summed E-state index contributed by atoms with van der Waals surface area (Å²) >= 11 is 0. The van der Waals surface area contributed by atoms with Gasteiger partial charge in [-0.05, 0) is 32.1 Å². The highest BCUT2D eigenvalue weighted by molar-refractivity contribution is 5.72. The summed E-state index contributed by atoms with van der Waals surface area (Å²) < 4.78 is 15.1. The van der Waals surface area contributed by atoms with Gasteiger partial charge < -0.3 is 14.2 Å². The van der Waals surface area contributed by atoms with Crippen LogP contribution in [-0.2, 0) is 23.8 Å². The molecule has 0 bridgehead atoms. The molecule has 0 aromatic heterocycles. The molecule has 0 amide bonds. The number of hydrogen-bond acceptors (Lipinski definition) is 5. The van der Waals surface area contributed by atoms with E-state index < -0.39 is 0 Å². The third kappa shape index (κ3) is 13.3. The zero-order valence-electron chi connectivity index (χ0n) is 13.0. The summed E-state index contributed by atoms with van der Waals surface area (Å²) in [4.78, 5) is 22.7. The molecule has 20 heavy (non-hydrogen) atoms. The van der Waals surface area contributed by atoms with Crippen LogP contribution in [0, 0.1) is 5.92 Å². The van der Waals surface area contributed by atoms with E-state index in [0.717, 1.165) is 12.8 Å². The Morgan fingerprint density at radius 1 is 0.900 bits per heavy atom. The van der Waals surface area contributed by atoms with E-state index >= 15 is 0 Å². The summed E-state index contributed by atoms with van der Waals surface area (Å²) in [5, 5.41) is 0. The molecule has 0 radical (unpaired) electrons. The van der Waals surface area contributed by atoms with Crippen LogP contribution >= 0.6 is 0 Å². The van der Waals surface area contributed by atoms with Crippen molar-refractivity contribution in [1.29, 1.82) is 0 Å². The van der Waals surface area contributed by atoms with Crippen molar-refractivity contribution >= 4 is 11.9 Å². The summed E-state index contributed by atoms with van der Waals surface area (Å²) in [6.07, 6.45) is 2.92. The first-order chi connectivity index (χ1) is 9.56. The lowest BCUT2D eigenvalue weighted by molar-refractivity contribution is -0.146. The summed E-state index contributed by atoms with van der Waals surface area (Å²) in [5.41, 5.74) is 0. The number of carbonyl (C=O) groups excluding carboxylic acids is 2. The van der Waals surface area contributed by atoms with Crippen molar-refractivity contribution in [3.8, 4) is 0 Å². The largest absolute Gasteiger partial charge is 0.466 e. The van der Waals surface area contributed by atoms with Crippen LogP contribution in [-0.4, -0.2) is 38.4 Å². The van der Waals surface area contributed by atoms with E-state index in [1.54, 1.807) is 0 Å². The Kier molecular flexibility index (Phi) is 12.2. The fourth-order valence-corrected chi connectivity index (χ4v) is 1.56. The first kappa shape index (κ1) is 18.9. The van der Waals surface area contributed by atoms with E-state index in [0.29, 0.717) is 32.2 Å². The standard InChI is InChI=1S/C15H28O5/c1-4-18-11-12-20-15(17)9-5-8-14(16)19-10-6-7-13(2)3/h13H,4-12H2,1-3H3. The molecule has 0 aliphatic carbocycles. The van der Waals surface area contributed by atoms with Gasteiger partial charge in [0.15, 0.2) is 0 Å². The molecule has 0 saturated carbocycles. The number of hydrogen-bond donors (Lipinski definition) is 0. The van der Waals surface area contributed by atoms with E-state index in [9.17, 15) is 9.59 Å². The fraction of sp³-hybridized carbons (Fsp3) is 0.867. The molecule has 0 aliphatic heterocycles. The van der Waals surface area contributed by atoms with Gasteiger partial charge in [-0.3, -0.25) is 9.59 Å². The lowest BCUT2D eigenvalue weighted by Gasteiger charge is -2.07. The van der Waals surface area contributed by atoms with Crippen LogP contribution in [0.5, 0.6) is 0 Å². The molecule has 0 fully saturated rings. The van der Waals surface area contributed by atoms with E-state index in [4.69, 9.17) is 14.2 Å². The predicted octanol–water partition coefficient (Wildman–Crippen LogP) is 2.72. The normalized spacial score (nSPS) is 10.6. The van der Waals surface area contributed by atoms with Crippen LogP contribution < -0.4 is 0 Å². The number of carbonyl (C=O) groups is 2. The van der Waals surface area contributed by atoms with Crippen molar-refractivity contribution in [2.45, 2.75) is 52.9 Å². The Bertz CT molecular complexity index is 263. The Hall–Kier alpha value is -1.10. The van der Waals surface area contributed by atoms with Gasteiger partial charge in [-0.15, -0.1) is 0 Å². The SMILES string of the molecule is CCOCCOC(=O)CCCC(=O)OCCCC(C)C. The van der Waals surface area contributed by atoms with E-state index in [1.807, 2.05) is 6.92 Å². The van der Waals surface area contributed by atoms with Crippen molar-refractivity contribution < 1.29 is 23.8 Å². The zero-order valence-corrected chi connectivity index (χ0v) is 13.0. The van der Waals surface area contributed by atoms with Gasteiger partial charge in [0.1, 0.15) is 6.61 Å². The number of rotatable bonds is 12. The molecule has 0 saturated heterocycles. The molecule has 0 aromatic rings. The molecule has 0 atom stereocenters. The second-order valence-corrected chi connectivity index (χ2v) is 5.03. The van der Waals surface area contributed by atoms with Crippen LogP contribution in [0.3, 0.4) is 0 Å². The first-order valence-corrected chi connectivity index (χ1v) is 7.45. The summed E-state index contributed by atoms with van der Waals surface area (Å²) in [6.45, 7) is 7.93. The van der Waals surface area contributed by atoms with Gasteiger partial charge in [-0.1, -0.05) is 13.8 Å². The molecule has 5 heteroatoms. The lowest BCUT2D eigenvalue weighted by Crippen LogP contribution is -2.12. The monoisotopic (exact) mass is 288 g/mol. The molecule has 0 rings (SSSR count). The maximum absolute atomic E-state index is 11.4. The van der Waals surface area contributed by atoms with E-state index in [1.165, 1.54) is 0 Å². The third-order valence-electron chi connectivity index (χ3n) is 2.65. The molecule has 118 valence electrons. The lowest BCUT2D eigenvalue weighted by atomic mass is 10.1. The van der Waals surface area contributed by atoms with Crippen molar-refractivity contribution in [2.24, 2.45) is 5.92 Å². The van der Waals surface area contributed by atoms with Gasteiger partial charge in [-0.25, -0.2) is 0 Å². The Morgan fingerprint density at radius 2 is 1.50 bits per heavy atom. The highest BCUT2D eigenvalue weighted by atomic mass is 16.6. The fourth-order valence-electron chi connectivity index (χ4n) is 1.56. The van der Waals surface area contributed by atoms with Crippen molar-refractivity contribution in [3.05, 3.63) is 0 Å². The smallest absolute Gasteiger partial charge is 0.305 e. The van der Waals surface area contributed by atoms with Crippen LogP contribution in [0.15, 0.2) is 0 Å². The van der Waals surface area contributed by atoms with Crippen LogP contribution in [0.1, 0.15) is 52.9 Å². The Balaban J connectivity index is 3.39.